The quantitative estimate of drug-likeness (QED) is 0.262. The summed E-state index contributed by atoms with van der Waals surface area (Å²) in [5.74, 6) is -0.263. The number of methoxy groups -OCH3 is 1. The van der Waals surface area contributed by atoms with Crippen molar-refractivity contribution in [2.75, 3.05) is 25.6 Å². The van der Waals surface area contributed by atoms with E-state index in [9.17, 15) is 18.0 Å². The molecule has 0 radical (unpaired) electrons. The molecule has 3 rings (SSSR count). The van der Waals surface area contributed by atoms with Crippen LogP contribution in [0.2, 0.25) is 0 Å². The normalized spacial score (nSPS) is 17.6. The van der Waals surface area contributed by atoms with Gasteiger partial charge in [0.05, 0.1) is 6.04 Å². The predicted molar refractivity (Wildman–Crippen MR) is 127 cm³/mol. The minimum Gasteiger partial charge on any atom is -0.385 e. The Hall–Kier alpha value is -2.86. The maximum absolute atomic E-state index is 13.9. The number of benzene rings is 1. The number of fused-ring (bicyclic) bond motifs is 1. The Labute approximate surface area is 201 Å². The summed E-state index contributed by atoms with van der Waals surface area (Å²) >= 11 is 5.06. The Balaban J connectivity index is 1.72. The van der Waals surface area contributed by atoms with Crippen LogP contribution < -0.4 is 21.5 Å². The van der Waals surface area contributed by atoms with Gasteiger partial charge in [-0.2, -0.15) is 18.3 Å². The van der Waals surface area contributed by atoms with Crippen LogP contribution in [0, 0.1) is 0 Å². The van der Waals surface area contributed by atoms with Crippen molar-refractivity contribution in [2.45, 2.75) is 50.9 Å². The van der Waals surface area contributed by atoms with E-state index in [2.05, 4.69) is 40.4 Å². The third kappa shape index (κ3) is 6.38. The van der Waals surface area contributed by atoms with Crippen LogP contribution in [-0.4, -0.2) is 47.2 Å². The van der Waals surface area contributed by atoms with Gasteiger partial charge in [-0.25, -0.2) is 4.68 Å². The Kier molecular flexibility index (Phi) is 8.37. The molecule has 12 heteroatoms. The van der Waals surface area contributed by atoms with E-state index in [1.54, 1.807) is 7.11 Å². The Morgan fingerprint density at radius 1 is 1.29 bits per heavy atom. The number of nitrogens with one attached hydrogen (secondary N) is 4. The van der Waals surface area contributed by atoms with E-state index in [1.807, 2.05) is 24.3 Å². The van der Waals surface area contributed by atoms with Crippen LogP contribution in [0.3, 0.4) is 0 Å². The first-order valence-electron chi connectivity index (χ1n) is 11.0. The molecular formula is C22H29F3N6O2S. The molecule has 186 valence electrons. The van der Waals surface area contributed by atoms with Gasteiger partial charge >= 0.3 is 6.18 Å². The van der Waals surface area contributed by atoms with Crippen molar-refractivity contribution in [2.24, 2.45) is 0 Å². The predicted octanol–water partition coefficient (Wildman–Crippen LogP) is 3.81. The number of hydrogen-bond acceptors (Lipinski definition) is 5. The lowest BCUT2D eigenvalue weighted by molar-refractivity contribution is -0.173. The fourth-order valence-corrected chi connectivity index (χ4v) is 3.81. The van der Waals surface area contributed by atoms with E-state index in [-0.39, 0.29) is 23.0 Å². The smallest absolute Gasteiger partial charge is 0.385 e. The standard InChI is InChI=1S/C22H29F3N6O2S/c1-13(2)14-5-7-15(8-6-14)16-11-18(22(23,24)25)31-19(27-16)12-17(30-31)20(32)28-29-21(34)26-9-4-10-33-3/h5-8,12-13,16,18,27H,4,9-11H2,1-3H3,(H,28,32)(H2,26,29,34)/t16-,18+/m0/s1. The number of anilines is 1. The highest BCUT2D eigenvalue weighted by atomic mass is 32.1. The number of nitrogens with zero attached hydrogens (tertiary/aromatic N) is 2. The van der Waals surface area contributed by atoms with Crippen molar-refractivity contribution in [1.29, 1.82) is 0 Å². The minimum absolute atomic E-state index is 0.122. The van der Waals surface area contributed by atoms with Gasteiger partial charge < -0.3 is 15.4 Å². The van der Waals surface area contributed by atoms with Gasteiger partial charge in [0, 0.05) is 32.7 Å². The van der Waals surface area contributed by atoms with Crippen molar-refractivity contribution in [3.8, 4) is 0 Å². The first-order chi connectivity index (χ1) is 16.1. The second kappa shape index (κ2) is 11.0. The minimum atomic E-state index is -4.53. The summed E-state index contributed by atoms with van der Waals surface area (Å²) in [5.41, 5.74) is 6.55. The lowest BCUT2D eigenvalue weighted by Crippen LogP contribution is -2.47. The molecule has 0 saturated heterocycles. The Bertz CT molecular complexity index is 994. The van der Waals surface area contributed by atoms with Crippen molar-refractivity contribution in [3.63, 3.8) is 0 Å². The summed E-state index contributed by atoms with van der Waals surface area (Å²) in [6.45, 7) is 5.19. The Morgan fingerprint density at radius 2 is 2.00 bits per heavy atom. The van der Waals surface area contributed by atoms with Crippen LogP contribution in [0.15, 0.2) is 30.3 Å². The van der Waals surface area contributed by atoms with E-state index in [1.165, 1.54) is 6.07 Å². The lowest BCUT2D eigenvalue weighted by atomic mass is 9.94. The molecule has 0 bridgehead atoms. The number of amides is 1. The van der Waals surface area contributed by atoms with Gasteiger partial charge in [-0.1, -0.05) is 38.1 Å². The van der Waals surface area contributed by atoms with Crippen LogP contribution >= 0.6 is 12.2 Å². The number of alkyl halides is 3. The average Bonchev–Trinajstić information content (AvgIpc) is 3.23. The number of hydrogen-bond donors (Lipinski definition) is 4. The summed E-state index contributed by atoms with van der Waals surface area (Å²) in [7, 11) is 1.59. The highest BCUT2D eigenvalue weighted by molar-refractivity contribution is 7.80. The Morgan fingerprint density at radius 3 is 2.62 bits per heavy atom. The van der Waals surface area contributed by atoms with Crippen molar-refractivity contribution < 1.29 is 22.7 Å². The van der Waals surface area contributed by atoms with Crippen molar-refractivity contribution in [1.82, 2.24) is 25.9 Å². The highest BCUT2D eigenvalue weighted by Crippen LogP contribution is 2.43. The SMILES string of the molecule is COCCCNC(=S)NNC(=O)c1cc2n(n1)[C@@H](C(F)(F)F)C[C@@H](c1ccc(C(C)C)cc1)N2. The average molecular weight is 499 g/mol. The lowest BCUT2D eigenvalue weighted by Gasteiger charge is -2.33. The van der Waals surface area contributed by atoms with Gasteiger partial charge in [-0.15, -0.1) is 0 Å². The summed E-state index contributed by atoms with van der Waals surface area (Å²) in [6, 6.07) is 6.39. The summed E-state index contributed by atoms with van der Waals surface area (Å²) in [4.78, 5) is 12.5. The molecule has 1 aliphatic rings. The summed E-state index contributed by atoms with van der Waals surface area (Å²) < 4.78 is 47.4. The maximum Gasteiger partial charge on any atom is 0.410 e. The monoisotopic (exact) mass is 498 g/mol. The largest absolute Gasteiger partial charge is 0.410 e. The number of halogens is 3. The zero-order chi connectivity index (χ0) is 24.9. The van der Waals surface area contributed by atoms with Gasteiger partial charge in [-0.05, 0) is 35.7 Å². The van der Waals surface area contributed by atoms with Crippen LogP contribution in [-0.2, 0) is 4.74 Å². The fourth-order valence-electron chi connectivity index (χ4n) is 3.66. The van der Waals surface area contributed by atoms with Crippen LogP contribution in [0.25, 0.3) is 0 Å². The maximum atomic E-state index is 13.9. The van der Waals surface area contributed by atoms with Gasteiger partial charge in [-0.3, -0.25) is 15.6 Å². The zero-order valence-corrected chi connectivity index (χ0v) is 20.0. The highest BCUT2D eigenvalue weighted by Gasteiger charge is 2.46. The van der Waals surface area contributed by atoms with Gasteiger partial charge in [0.15, 0.2) is 16.8 Å². The topological polar surface area (TPSA) is 92.2 Å². The number of rotatable bonds is 7. The van der Waals surface area contributed by atoms with E-state index in [4.69, 9.17) is 17.0 Å². The molecule has 0 spiro atoms. The zero-order valence-electron chi connectivity index (χ0n) is 19.2. The first-order valence-corrected chi connectivity index (χ1v) is 11.4. The fraction of sp³-hybridized carbons (Fsp3) is 0.500. The molecule has 1 aromatic heterocycles. The van der Waals surface area contributed by atoms with E-state index < -0.39 is 24.2 Å². The van der Waals surface area contributed by atoms with E-state index >= 15 is 0 Å². The number of aromatic nitrogens is 2. The number of carbonyl (C=O) groups excluding carboxylic acids is 1. The molecule has 8 nitrogen and oxygen atoms in total. The molecule has 2 aromatic rings. The molecule has 0 fully saturated rings. The molecule has 0 saturated carbocycles. The van der Waals surface area contributed by atoms with E-state index in [0.717, 1.165) is 15.8 Å². The van der Waals surface area contributed by atoms with Gasteiger partial charge in [0.1, 0.15) is 5.82 Å². The summed E-state index contributed by atoms with van der Waals surface area (Å²) in [5, 5.41) is 10.1. The van der Waals surface area contributed by atoms with Crippen LogP contribution in [0.5, 0.6) is 0 Å². The molecule has 2 heterocycles. The van der Waals surface area contributed by atoms with Gasteiger partial charge in [0.25, 0.3) is 5.91 Å². The molecule has 0 unspecified atom stereocenters. The van der Waals surface area contributed by atoms with Crippen molar-refractivity contribution in [3.05, 3.63) is 47.2 Å². The van der Waals surface area contributed by atoms with Gasteiger partial charge in [0.2, 0.25) is 0 Å². The number of hydrazine groups is 1. The molecule has 4 N–H and O–H groups in total. The molecule has 2 atom stereocenters. The molecule has 1 aromatic carbocycles. The molecule has 1 aliphatic heterocycles. The first kappa shape index (κ1) is 25.8. The number of carbonyl (C=O) groups is 1. The third-order valence-corrected chi connectivity index (χ3v) is 5.77. The second-order valence-electron chi connectivity index (χ2n) is 8.35. The number of ether oxygens (including phenoxy) is 1. The van der Waals surface area contributed by atoms with Crippen LogP contribution in [0.1, 0.15) is 66.3 Å². The van der Waals surface area contributed by atoms with Crippen LogP contribution in [0.4, 0.5) is 19.0 Å². The summed E-state index contributed by atoms with van der Waals surface area (Å²) in [6.07, 6.45) is -4.06. The second-order valence-corrected chi connectivity index (χ2v) is 8.76. The molecule has 34 heavy (non-hydrogen) atoms. The molecular weight excluding hydrogens is 469 g/mol. The number of thiocarbonyl (C=S) groups is 1. The molecule has 0 aliphatic carbocycles. The molecule has 1 amide bonds. The van der Waals surface area contributed by atoms with Crippen molar-refractivity contribution >= 4 is 29.1 Å². The third-order valence-electron chi connectivity index (χ3n) is 5.53. The van der Waals surface area contributed by atoms with E-state index in [0.29, 0.717) is 25.5 Å².